The lowest BCUT2D eigenvalue weighted by Crippen LogP contribution is -2.36. The van der Waals surface area contributed by atoms with Gasteiger partial charge in [-0.25, -0.2) is 4.79 Å². The van der Waals surface area contributed by atoms with Crippen LogP contribution in [-0.4, -0.2) is 36.7 Å². The van der Waals surface area contributed by atoms with Crippen LogP contribution in [-0.2, 0) is 32.1 Å². The number of nitrogens with one attached hydrogen (secondary N) is 2. The van der Waals surface area contributed by atoms with Crippen molar-refractivity contribution in [2.24, 2.45) is 0 Å². The molecule has 0 atom stereocenters. The largest absolute Gasteiger partial charge is 0.460 e. The molecule has 0 unspecified atom stereocenters. The lowest BCUT2D eigenvalue weighted by atomic mass is 10.1. The van der Waals surface area contributed by atoms with Crippen molar-refractivity contribution in [3.05, 3.63) is 35.4 Å². The minimum atomic E-state index is -0.667. The molecule has 0 bridgehead atoms. The summed E-state index contributed by atoms with van der Waals surface area (Å²) in [4.78, 5) is 34.6. The fourth-order valence-corrected chi connectivity index (χ4v) is 1.87. The standard InChI is InChI=1S/C18H26N2O5/c1-5-19-15(21)10-13-6-8-14(9-7-13)12-24-16(22)11-20-17(23)25-18(2,3)4/h6-9H,5,10-12H2,1-4H3,(H,19,21)(H,20,23). The lowest BCUT2D eigenvalue weighted by molar-refractivity contribution is -0.143. The minimum absolute atomic E-state index is 0.0325. The molecular weight excluding hydrogens is 324 g/mol. The Kier molecular flexibility index (Phi) is 7.91. The summed E-state index contributed by atoms with van der Waals surface area (Å²) in [6, 6.07) is 7.22. The Balaban J connectivity index is 2.34. The fourth-order valence-electron chi connectivity index (χ4n) is 1.87. The highest BCUT2D eigenvalue weighted by molar-refractivity contribution is 5.78. The Bertz CT molecular complexity index is 590. The number of rotatable bonds is 7. The van der Waals surface area contributed by atoms with Crippen molar-refractivity contribution in [2.45, 2.75) is 46.3 Å². The SMILES string of the molecule is CCNC(=O)Cc1ccc(COC(=O)CNC(=O)OC(C)(C)C)cc1. The molecule has 0 fully saturated rings. The zero-order valence-corrected chi connectivity index (χ0v) is 15.2. The van der Waals surface area contributed by atoms with Crippen molar-refractivity contribution in [1.82, 2.24) is 10.6 Å². The number of esters is 1. The number of likely N-dealkylation sites (N-methyl/N-ethyl adjacent to an activating group) is 1. The van der Waals surface area contributed by atoms with Gasteiger partial charge in [-0.15, -0.1) is 0 Å². The van der Waals surface area contributed by atoms with Gasteiger partial charge in [-0.2, -0.15) is 0 Å². The second-order valence-electron chi connectivity index (χ2n) is 6.46. The summed E-state index contributed by atoms with van der Waals surface area (Å²) in [5, 5.41) is 5.07. The molecule has 7 nitrogen and oxygen atoms in total. The van der Waals surface area contributed by atoms with Crippen molar-refractivity contribution in [3.8, 4) is 0 Å². The van der Waals surface area contributed by atoms with E-state index in [2.05, 4.69) is 10.6 Å². The van der Waals surface area contributed by atoms with Crippen molar-refractivity contribution in [2.75, 3.05) is 13.1 Å². The predicted molar refractivity (Wildman–Crippen MR) is 92.9 cm³/mol. The first-order valence-electron chi connectivity index (χ1n) is 8.16. The molecular formula is C18H26N2O5. The van der Waals surface area contributed by atoms with Crippen LogP contribution in [0.1, 0.15) is 38.8 Å². The van der Waals surface area contributed by atoms with Crippen LogP contribution in [0.25, 0.3) is 0 Å². The zero-order valence-electron chi connectivity index (χ0n) is 15.2. The average Bonchev–Trinajstić information content (AvgIpc) is 2.51. The molecule has 0 aliphatic rings. The zero-order chi connectivity index (χ0) is 18.9. The van der Waals surface area contributed by atoms with Gasteiger partial charge in [-0.3, -0.25) is 9.59 Å². The molecule has 7 heteroatoms. The highest BCUT2D eigenvalue weighted by Gasteiger charge is 2.16. The van der Waals surface area contributed by atoms with E-state index in [-0.39, 0.29) is 19.1 Å². The van der Waals surface area contributed by atoms with Crippen LogP contribution in [0.5, 0.6) is 0 Å². The molecule has 25 heavy (non-hydrogen) atoms. The van der Waals surface area contributed by atoms with Crippen LogP contribution in [0, 0.1) is 0 Å². The van der Waals surface area contributed by atoms with Gasteiger partial charge in [0.05, 0.1) is 6.42 Å². The summed E-state index contributed by atoms with van der Waals surface area (Å²) in [7, 11) is 0. The smallest absolute Gasteiger partial charge is 0.408 e. The maximum atomic E-state index is 11.6. The second-order valence-corrected chi connectivity index (χ2v) is 6.46. The number of hydrogen-bond donors (Lipinski definition) is 2. The van der Waals surface area contributed by atoms with Crippen LogP contribution in [0.2, 0.25) is 0 Å². The Morgan fingerprint density at radius 1 is 1.00 bits per heavy atom. The van der Waals surface area contributed by atoms with E-state index >= 15 is 0 Å². The quantitative estimate of drug-likeness (QED) is 0.733. The van der Waals surface area contributed by atoms with Gasteiger partial charge in [0.1, 0.15) is 18.8 Å². The second kappa shape index (κ2) is 9.66. The highest BCUT2D eigenvalue weighted by atomic mass is 16.6. The number of alkyl carbamates (subject to hydrolysis) is 1. The third-order valence-corrected chi connectivity index (χ3v) is 2.94. The molecule has 0 radical (unpaired) electrons. The summed E-state index contributed by atoms with van der Waals surface area (Å²) in [5.41, 5.74) is 1.06. The highest BCUT2D eigenvalue weighted by Crippen LogP contribution is 2.08. The van der Waals surface area contributed by atoms with E-state index in [1.165, 1.54) is 0 Å². The van der Waals surface area contributed by atoms with Crippen molar-refractivity contribution in [1.29, 1.82) is 0 Å². The molecule has 0 spiro atoms. The molecule has 0 saturated carbocycles. The maximum absolute atomic E-state index is 11.6. The monoisotopic (exact) mass is 350 g/mol. The molecule has 2 N–H and O–H groups in total. The summed E-state index contributed by atoms with van der Waals surface area (Å²) in [6.07, 6.45) is -0.354. The van der Waals surface area contributed by atoms with Gasteiger partial charge >= 0.3 is 12.1 Å². The first kappa shape index (κ1) is 20.5. The summed E-state index contributed by atoms with van der Waals surface area (Å²) >= 11 is 0. The van der Waals surface area contributed by atoms with Crippen molar-refractivity contribution < 1.29 is 23.9 Å². The number of ether oxygens (including phenoxy) is 2. The van der Waals surface area contributed by atoms with E-state index < -0.39 is 17.7 Å². The normalized spacial score (nSPS) is 10.7. The van der Waals surface area contributed by atoms with Crippen molar-refractivity contribution >= 4 is 18.0 Å². The molecule has 2 amide bonds. The van der Waals surface area contributed by atoms with Crippen LogP contribution < -0.4 is 10.6 Å². The summed E-state index contributed by atoms with van der Waals surface area (Å²) < 4.78 is 10.1. The number of hydrogen-bond acceptors (Lipinski definition) is 5. The fraction of sp³-hybridized carbons (Fsp3) is 0.500. The Labute approximate surface area is 148 Å². The molecule has 0 aromatic heterocycles. The summed E-state index contributed by atoms with van der Waals surface area (Å²) in [5.74, 6) is -0.591. The van der Waals surface area contributed by atoms with Gasteiger partial charge in [0.15, 0.2) is 0 Å². The molecule has 1 aromatic rings. The van der Waals surface area contributed by atoms with E-state index in [0.29, 0.717) is 13.0 Å². The third-order valence-electron chi connectivity index (χ3n) is 2.94. The maximum Gasteiger partial charge on any atom is 0.408 e. The average molecular weight is 350 g/mol. The number of benzene rings is 1. The van der Waals surface area contributed by atoms with Crippen LogP contribution >= 0.6 is 0 Å². The van der Waals surface area contributed by atoms with Crippen LogP contribution in [0.15, 0.2) is 24.3 Å². The summed E-state index contributed by atoms with van der Waals surface area (Å²) in [6.45, 7) is 7.51. The Morgan fingerprint density at radius 2 is 1.60 bits per heavy atom. The predicted octanol–water partition coefficient (Wildman–Crippen LogP) is 1.93. The minimum Gasteiger partial charge on any atom is -0.460 e. The van der Waals surface area contributed by atoms with Gasteiger partial charge in [-0.05, 0) is 38.8 Å². The van der Waals surface area contributed by atoms with E-state index in [1.807, 2.05) is 19.1 Å². The van der Waals surface area contributed by atoms with E-state index in [4.69, 9.17) is 9.47 Å². The third kappa shape index (κ3) is 9.34. The molecule has 1 aromatic carbocycles. The van der Waals surface area contributed by atoms with Gasteiger partial charge < -0.3 is 20.1 Å². The number of carbonyl (C=O) groups is 3. The molecule has 0 saturated heterocycles. The van der Waals surface area contributed by atoms with Gasteiger partial charge in [0.2, 0.25) is 5.91 Å². The van der Waals surface area contributed by atoms with Crippen LogP contribution in [0.4, 0.5) is 4.79 Å². The van der Waals surface area contributed by atoms with E-state index in [0.717, 1.165) is 11.1 Å². The number of carbonyl (C=O) groups excluding carboxylic acids is 3. The van der Waals surface area contributed by atoms with E-state index in [9.17, 15) is 14.4 Å². The molecule has 138 valence electrons. The van der Waals surface area contributed by atoms with Gasteiger partial charge in [0.25, 0.3) is 0 Å². The first-order valence-corrected chi connectivity index (χ1v) is 8.16. The van der Waals surface area contributed by atoms with Gasteiger partial charge in [0, 0.05) is 6.54 Å². The topological polar surface area (TPSA) is 93.7 Å². The molecule has 1 rings (SSSR count). The van der Waals surface area contributed by atoms with Crippen molar-refractivity contribution in [3.63, 3.8) is 0 Å². The Morgan fingerprint density at radius 3 is 2.16 bits per heavy atom. The lowest BCUT2D eigenvalue weighted by Gasteiger charge is -2.19. The number of amides is 2. The van der Waals surface area contributed by atoms with E-state index in [1.54, 1.807) is 32.9 Å². The first-order chi connectivity index (χ1) is 11.7. The van der Waals surface area contributed by atoms with Gasteiger partial charge in [-0.1, -0.05) is 24.3 Å². The van der Waals surface area contributed by atoms with Crippen LogP contribution in [0.3, 0.4) is 0 Å². The Hall–Kier alpha value is -2.57. The molecule has 0 aliphatic carbocycles. The molecule has 0 heterocycles. The molecule has 0 aliphatic heterocycles.